The van der Waals surface area contributed by atoms with Gasteiger partial charge in [0.25, 0.3) is 0 Å². The third-order valence-corrected chi connectivity index (χ3v) is 5.58. The number of aliphatic hydroxyl groups is 1. The number of anilines is 1. The molecule has 1 heterocycles. The predicted molar refractivity (Wildman–Crippen MR) is 119 cm³/mol. The fraction of sp³-hybridized carbons (Fsp3) is 0.280. The highest BCUT2D eigenvalue weighted by atomic mass is 19.1. The maximum atomic E-state index is 13.8. The van der Waals surface area contributed by atoms with Crippen LogP contribution in [0.1, 0.15) is 18.9 Å². The maximum absolute atomic E-state index is 13.8. The summed E-state index contributed by atoms with van der Waals surface area (Å²) in [6.45, 7) is 2.93. The van der Waals surface area contributed by atoms with Crippen LogP contribution in [-0.2, 0) is 13.0 Å². The number of aromatic nitrogens is 1. The molecule has 4 rings (SSSR count). The minimum absolute atomic E-state index is 0.329. The molecule has 3 aromatic carbocycles. The van der Waals surface area contributed by atoms with Crippen LogP contribution in [-0.4, -0.2) is 29.4 Å². The lowest BCUT2D eigenvalue weighted by atomic mass is 10.1. The van der Waals surface area contributed by atoms with Gasteiger partial charge in [0.1, 0.15) is 11.6 Å². The zero-order valence-corrected chi connectivity index (χ0v) is 17.3. The molecule has 0 aliphatic heterocycles. The minimum Gasteiger partial charge on any atom is -0.389 e. The zero-order valence-electron chi connectivity index (χ0n) is 17.3. The second-order valence-corrected chi connectivity index (χ2v) is 7.88. The van der Waals surface area contributed by atoms with E-state index in [0.717, 1.165) is 29.6 Å². The number of aliphatic hydroxyl groups excluding tert-OH is 1. The monoisotopic (exact) mass is 408 g/mol. The molecule has 1 unspecified atom stereocenters. The Hall–Kier alpha value is -2.92. The summed E-state index contributed by atoms with van der Waals surface area (Å²) in [6.07, 6.45) is 1.52. The van der Waals surface area contributed by atoms with Crippen molar-refractivity contribution in [3.63, 3.8) is 0 Å². The highest BCUT2D eigenvalue weighted by molar-refractivity contribution is 6.08. The van der Waals surface area contributed by atoms with E-state index < -0.39 is 6.10 Å². The SMILES string of the molecule is CCCc1ccc(N(C)CC(O)Cn2c3ccc(F)cc3c3cc(F)ccc32)cc1. The predicted octanol–water partition coefficient (Wildman–Crippen LogP) is 5.52. The summed E-state index contributed by atoms with van der Waals surface area (Å²) < 4.78 is 29.6. The first-order chi connectivity index (χ1) is 14.5. The first kappa shape index (κ1) is 20.4. The molecule has 1 atom stereocenters. The van der Waals surface area contributed by atoms with Crippen LogP contribution in [0.5, 0.6) is 0 Å². The topological polar surface area (TPSA) is 28.4 Å². The van der Waals surface area contributed by atoms with Crippen molar-refractivity contribution >= 4 is 27.5 Å². The summed E-state index contributed by atoms with van der Waals surface area (Å²) >= 11 is 0. The highest BCUT2D eigenvalue weighted by Gasteiger charge is 2.16. The zero-order chi connectivity index (χ0) is 21.3. The van der Waals surface area contributed by atoms with E-state index in [-0.39, 0.29) is 11.6 Å². The summed E-state index contributed by atoms with van der Waals surface area (Å²) in [5.74, 6) is -0.727. The second-order valence-electron chi connectivity index (χ2n) is 7.88. The van der Waals surface area contributed by atoms with Crippen LogP contribution in [0, 0.1) is 11.6 Å². The van der Waals surface area contributed by atoms with E-state index in [0.29, 0.717) is 23.9 Å². The Balaban J connectivity index is 1.58. The van der Waals surface area contributed by atoms with Gasteiger partial charge in [0.15, 0.2) is 0 Å². The molecule has 0 aliphatic carbocycles. The van der Waals surface area contributed by atoms with Crippen molar-refractivity contribution in [3.8, 4) is 0 Å². The Morgan fingerprint density at radius 3 is 2.00 bits per heavy atom. The molecule has 0 saturated carbocycles. The summed E-state index contributed by atoms with van der Waals surface area (Å²) in [5, 5.41) is 12.1. The number of hydrogen-bond acceptors (Lipinski definition) is 2. The number of fused-ring (bicyclic) bond motifs is 3. The Morgan fingerprint density at radius 1 is 0.900 bits per heavy atom. The van der Waals surface area contributed by atoms with Crippen LogP contribution in [0.4, 0.5) is 14.5 Å². The van der Waals surface area contributed by atoms with E-state index in [1.807, 2.05) is 16.5 Å². The van der Waals surface area contributed by atoms with Gasteiger partial charge in [0.2, 0.25) is 0 Å². The molecule has 3 nitrogen and oxygen atoms in total. The number of halogens is 2. The van der Waals surface area contributed by atoms with Crippen LogP contribution in [0.2, 0.25) is 0 Å². The Bertz CT molecular complexity index is 1110. The molecule has 0 aliphatic rings. The fourth-order valence-electron chi connectivity index (χ4n) is 4.14. The summed E-state index contributed by atoms with van der Waals surface area (Å²) in [4.78, 5) is 2.02. The van der Waals surface area contributed by atoms with Crippen molar-refractivity contribution in [2.45, 2.75) is 32.4 Å². The Labute approximate surface area is 175 Å². The van der Waals surface area contributed by atoms with E-state index in [9.17, 15) is 13.9 Å². The van der Waals surface area contributed by atoms with Gasteiger partial charge < -0.3 is 14.6 Å². The second kappa shape index (κ2) is 8.44. The van der Waals surface area contributed by atoms with Crippen LogP contribution < -0.4 is 4.90 Å². The molecule has 0 spiro atoms. The van der Waals surface area contributed by atoms with Gasteiger partial charge >= 0.3 is 0 Å². The molecule has 5 heteroatoms. The largest absolute Gasteiger partial charge is 0.389 e. The molecular formula is C25H26F2N2O. The molecule has 0 saturated heterocycles. The molecule has 0 radical (unpaired) electrons. The van der Waals surface area contributed by atoms with Gasteiger partial charge in [0, 0.05) is 41.1 Å². The van der Waals surface area contributed by atoms with Crippen molar-refractivity contribution < 1.29 is 13.9 Å². The average molecular weight is 408 g/mol. The standard InChI is InChI=1S/C25H26F2N2O/c1-3-4-17-5-9-20(10-6-17)28(2)15-21(30)16-29-24-11-7-18(26)13-22(24)23-14-19(27)8-12-25(23)29/h5-14,21,30H,3-4,15-16H2,1-2H3. The molecule has 1 aromatic heterocycles. The van der Waals surface area contributed by atoms with E-state index in [4.69, 9.17) is 0 Å². The van der Waals surface area contributed by atoms with E-state index in [2.05, 4.69) is 31.2 Å². The Morgan fingerprint density at radius 2 is 1.47 bits per heavy atom. The molecule has 1 N–H and O–H groups in total. The first-order valence-electron chi connectivity index (χ1n) is 10.3. The van der Waals surface area contributed by atoms with Gasteiger partial charge in [-0.3, -0.25) is 0 Å². The maximum Gasteiger partial charge on any atom is 0.123 e. The van der Waals surface area contributed by atoms with Gasteiger partial charge in [0.05, 0.1) is 12.6 Å². The van der Waals surface area contributed by atoms with Crippen LogP contribution in [0.3, 0.4) is 0 Å². The van der Waals surface area contributed by atoms with Gasteiger partial charge in [-0.1, -0.05) is 25.5 Å². The van der Waals surface area contributed by atoms with Gasteiger partial charge in [-0.15, -0.1) is 0 Å². The van der Waals surface area contributed by atoms with Gasteiger partial charge in [-0.05, 0) is 60.5 Å². The summed E-state index contributed by atoms with van der Waals surface area (Å²) in [7, 11) is 1.95. The van der Waals surface area contributed by atoms with Crippen molar-refractivity contribution in [3.05, 3.63) is 77.9 Å². The molecule has 4 aromatic rings. The van der Waals surface area contributed by atoms with Crippen molar-refractivity contribution in [1.82, 2.24) is 4.57 Å². The molecule has 0 amide bonds. The molecule has 0 bridgehead atoms. The fourth-order valence-corrected chi connectivity index (χ4v) is 4.14. The van der Waals surface area contributed by atoms with Crippen molar-refractivity contribution in [2.75, 3.05) is 18.5 Å². The van der Waals surface area contributed by atoms with Crippen molar-refractivity contribution in [1.29, 1.82) is 0 Å². The lowest BCUT2D eigenvalue weighted by molar-refractivity contribution is 0.163. The van der Waals surface area contributed by atoms with Gasteiger partial charge in [-0.25, -0.2) is 8.78 Å². The average Bonchev–Trinajstić information content (AvgIpc) is 3.01. The van der Waals surface area contributed by atoms with Crippen LogP contribution >= 0.6 is 0 Å². The van der Waals surface area contributed by atoms with Crippen LogP contribution in [0.15, 0.2) is 60.7 Å². The molecule has 0 fully saturated rings. The number of likely N-dealkylation sites (N-methyl/N-ethyl adjacent to an activating group) is 1. The van der Waals surface area contributed by atoms with E-state index in [1.54, 1.807) is 12.1 Å². The smallest absolute Gasteiger partial charge is 0.123 e. The third kappa shape index (κ3) is 4.03. The summed E-state index contributed by atoms with van der Waals surface area (Å²) in [5.41, 5.74) is 3.91. The third-order valence-electron chi connectivity index (χ3n) is 5.58. The number of hydrogen-bond donors (Lipinski definition) is 1. The first-order valence-corrected chi connectivity index (χ1v) is 10.3. The highest BCUT2D eigenvalue weighted by Crippen LogP contribution is 2.30. The normalized spacial score (nSPS) is 12.6. The molecule has 156 valence electrons. The Kier molecular flexibility index (Phi) is 5.73. The summed E-state index contributed by atoms with van der Waals surface area (Å²) in [6, 6.07) is 17.4. The van der Waals surface area contributed by atoms with E-state index in [1.165, 1.54) is 29.8 Å². The number of nitrogens with zero attached hydrogens (tertiary/aromatic N) is 2. The minimum atomic E-state index is -0.653. The molecular weight excluding hydrogens is 382 g/mol. The number of rotatable bonds is 7. The van der Waals surface area contributed by atoms with Crippen molar-refractivity contribution in [2.24, 2.45) is 0 Å². The van der Waals surface area contributed by atoms with Crippen LogP contribution in [0.25, 0.3) is 21.8 Å². The molecule has 30 heavy (non-hydrogen) atoms. The number of benzene rings is 3. The number of aryl methyl sites for hydroxylation is 1. The lowest BCUT2D eigenvalue weighted by Crippen LogP contribution is -2.32. The lowest BCUT2D eigenvalue weighted by Gasteiger charge is -2.24. The van der Waals surface area contributed by atoms with E-state index >= 15 is 0 Å². The van der Waals surface area contributed by atoms with Gasteiger partial charge in [-0.2, -0.15) is 0 Å². The quantitative estimate of drug-likeness (QED) is 0.436.